The Kier molecular flexibility index (Phi) is 6.70. The monoisotopic (exact) mass is 552 g/mol. The number of amidine groups is 1. The van der Waals surface area contributed by atoms with Crippen LogP contribution in [0.25, 0.3) is 11.1 Å². The van der Waals surface area contributed by atoms with Crippen LogP contribution in [-0.4, -0.2) is 85.3 Å². The van der Waals surface area contributed by atoms with Gasteiger partial charge in [0, 0.05) is 43.9 Å². The first-order chi connectivity index (χ1) is 19.8. The van der Waals surface area contributed by atoms with Crippen molar-refractivity contribution >= 4 is 23.7 Å². The first kappa shape index (κ1) is 26.5. The molecular weight excluding hydrogens is 520 g/mol. The largest absolute Gasteiger partial charge is 0.497 e. The summed E-state index contributed by atoms with van der Waals surface area (Å²) in [5.74, 6) is 0.400. The number of carbonyl (C=O) groups is 3. The lowest BCUT2D eigenvalue weighted by Crippen LogP contribution is -2.52. The van der Waals surface area contributed by atoms with Crippen molar-refractivity contribution in [2.45, 2.75) is 12.1 Å². The number of hydrogen-bond donors (Lipinski definition) is 3. The van der Waals surface area contributed by atoms with Crippen molar-refractivity contribution in [2.24, 2.45) is 0 Å². The Balaban J connectivity index is 1.22. The maximum Gasteiger partial charge on any atom is 0.322 e. The minimum atomic E-state index is -1.42. The average molecular weight is 553 g/mol. The molecule has 3 N–H and O–H groups in total. The van der Waals surface area contributed by atoms with Gasteiger partial charge in [-0.2, -0.15) is 0 Å². The van der Waals surface area contributed by atoms with Crippen LogP contribution in [-0.2, 0) is 16.9 Å². The zero-order valence-corrected chi connectivity index (χ0v) is 23.1. The van der Waals surface area contributed by atoms with Crippen LogP contribution in [0, 0.1) is 5.41 Å². The molecule has 3 heterocycles. The highest BCUT2D eigenvalue weighted by Crippen LogP contribution is 2.33. The van der Waals surface area contributed by atoms with E-state index >= 15 is 0 Å². The number of carbonyl (C=O) groups excluding carboxylic acids is 3. The van der Waals surface area contributed by atoms with Crippen LogP contribution in [0.15, 0.2) is 66.7 Å². The molecule has 3 aliphatic rings. The van der Waals surface area contributed by atoms with Gasteiger partial charge in [-0.1, -0.05) is 54.6 Å². The van der Waals surface area contributed by atoms with Gasteiger partial charge in [-0.25, -0.2) is 4.79 Å². The minimum Gasteiger partial charge on any atom is -0.497 e. The number of nitrogens with zero attached hydrogens (tertiary/aromatic N) is 3. The number of piperazine rings is 1. The van der Waals surface area contributed by atoms with Gasteiger partial charge in [-0.05, 0) is 41.4 Å². The summed E-state index contributed by atoms with van der Waals surface area (Å²) in [4.78, 5) is 44.7. The zero-order valence-electron chi connectivity index (χ0n) is 23.1. The Labute approximate surface area is 238 Å². The fraction of sp³-hybridized carbons (Fsp3) is 0.290. The summed E-state index contributed by atoms with van der Waals surface area (Å²) < 4.78 is 5.27. The Morgan fingerprint density at radius 2 is 1.59 bits per heavy atom. The van der Waals surface area contributed by atoms with Crippen LogP contribution in [0.3, 0.4) is 0 Å². The summed E-state index contributed by atoms with van der Waals surface area (Å²) in [6, 6.07) is 20.1. The molecule has 0 aliphatic carbocycles. The van der Waals surface area contributed by atoms with E-state index in [1.54, 1.807) is 24.1 Å². The second-order valence-corrected chi connectivity index (χ2v) is 10.8. The number of benzene rings is 3. The van der Waals surface area contributed by atoms with E-state index in [0.717, 1.165) is 48.4 Å². The molecule has 0 unspecified atom stereocenters. The molecule has 0 saturated carbocycles. The second kappa shape index (κ2) is 10.4. The maximum absolute atomic E-state index is 13.3. The predicted octanol–water partition coefficient (Wildman–Crippen LogP) is 2.63. The first-order valence-corrected chi connectivity index (χ1v) is 13.6. The standard InChI is InChI=1S/C31H32N6O4/c1-35-13-15-36(16-14-35)27(32)22-5-3-20(4-6-22)21-7-10-24(11-8-21)31(29(39)33-30(40)34-31)19-37-18-23-9-12-25(41-2)17-26(23)28(37)38/h3-12,17,32H,13-16,18-19H2,1-2H3,(H2,33,34,39,40)/t31-/m0/s1. The van der Waals surface area contributed by atoms with E-state index in [1.807, 2.05) is 54.6 Å². The number of urea groups is 1. The number of methoxy groups -OCH3 is 1. The summed E-state index contributed by atoms with van der Waals surface area (Å²) in [7, 11) is 3.64. The van der Waals surface area contributed by atoms with Gasteiger partial charge in [0.1, 0.15) is 11.6 Å². The van der Waals surface area contributed by atoms with Crippen LogP contribution in [0.4, 0.5) is 4.79 Å². The summed E-state index contributed by atoms with van der Waals surface area (Å²) in [5.41, 5.74) is 3.31. The quantitative estimate of drug-likeness (QED) is 0.246. The molecule has 1 atom stereocenters. The van der Waals surface area contributed by atoms with E-state index in [2.05, 4.69) is 27.5 Å². The normalized spacial score (nSPS) is 20.6. The van der Waals surface area contributed by atoms with Gasteiger partial charge in [0.25, 0.3) is 11.8 Å². The molecule has 3 aliphatic heterocycles. The molecule has 41 heavy (non-hydrogen) atoms. The fourth-order valence-corrected chi connectivity index (χ4v) is 5.76. The third-order valence-corrected chi connectivity index (χ3v) is 8.25. The minimum absolute atomic E-state index is 0.0111. The molecule has 10 heteroatoms. The molecule has 0 aromatic heterocycles. The summed E-state index contributed by atoms with van der Waals surface area (Å²) in [5, 5.41) is 13.8. The molecule has 2 saturated heterocycles. The van der Waals surface area contributed by atoms with E-state index in [1.165, 1.54) is 0 Å². The van der Waals surface area contributed by atoms with Crippen LogP contribution < -0.4 is 15.4 Å². The molecular formula is C31H32N6O4. The molecule has 0 radical (unpaired) electrons. The highest BCUT2D eigenvalue weighted by Gasteiger charge is 2.50. The van der Waals surface area contributed by atoms with Crippen molar-refractivity contribution < 1.29 is 19.1 Å². The summed E-state index contributed by atoms with van der Waals surface area (Å²) in [6.07, 6.45) is 0. The lowest BCUT2D eigenvalue weighted by Gasteiger charge is -2.34. The SMILES string of the molecule is COc1ccc2c(c1)C(=O)N(C[C@@]1(c3ccc(-c4ccc(C(=N)N5CCN(C)CC5)cc4)cc3)NC(=O)NC1=O)C2. The van der Waals surface area contributed by atoms with E-state index in [9.17, 15) is 14.4 Å². The Morgan fingerprint density at radius 1 is 0.927 bits per heavy atom. The fourth-order valence-electron chi connectivity index (χ4n) is 5.76. The van der Waals surface area contributed by atoms with E-state index in [0.29, 0.717) is 29.3 Å². The third-order valence-electron chi connectivity index (χ3n) is 8.25. The number of likely N-dealkylation sites (N-methyl/N-ethyl adjacent to an activating group) is 1. The van der Waals surface area contributed by atoms with Crippen molar-refractivity contribution in [3.05, 3.63) is 89.0 Å². The topological polar surface area (TPSA) is 118 Å². The zero-order chi connectivity index (χ0) is 28.7. The number of imide groups is 1. The van der Waals surface area contributed by atoms with Crippen molar-refractivity contribution in [2.75, 3.05) is 46.9 Å². The number of rotatable bonds is 6. The van der Waals surface area contributed by atoms with E-state index in [-0.39, 0.29) is 12.5 Å². The van der Waals surface area contributed by atoms with Crippen LogP contribution in [0.1, 0.15) is 27.0 Å². The number of fused-ring (bicyclic) bond motifs is 1. The lowest BCUT2D eigenvalue weighted by atomic mass is 9.88. The lowest BCUT2D eigenvalue weighted by molar-refractivity contribution is -0.124. The van der Waals surface area contributed by atoms with Gasteiger partial charge >= 0.3 is 6.03 Å². The summed E-state index contributed by atoms with van der Waals surface area (Å²) >= 11 is 0. The van der Waals surface area contributed by atoms with Crippen molar-refractivity contribution in [3.8, 4) is 16.9 Å². The number of amides is 4. The average Bonchev–Trinajstić information content (AvgIpc) is 3.46. The third kappa shape index (κ3) is 4.80. The number of hydrogen-bond acceptors (Lipinski definition) is 6. The van der Waals surface area contributed by atoms with Crippen molar-refractivity contribution in [1.29, 1.82) is 5.41 Å². The molecule has 10 nitrogen and oxygen atoms in total. The Morgan fingerprint density at radius 3 is 2.20 bits per heavy atom. The molecule has 210 valence electrons. The van der Waals surface area contributed by atoms with Gasteiger partial charge in [-0.15, -0.1) is 0 Å². The van der Waals surface area contributed by atoms with Crippen molar-refractivity contribution in [1.82, 2.24) is 25.3 Å². The molecule has 6 rings (SSSR count). The number of ether oxygens (including phenoxy) is 1. The van der Waals surface area contributed by atoms with Gasteiger partial charge < -0.3 is 24.8 Å². The molecule has 4 amide bonds. The van der Waals surface area contributed by atoms with Gasteiger partial charge in [-0.3, -0.25) is 20.3 Å². The molecule has 0 bridgehead atoms. The van der Waals surface area contributed by atoms with Crippen LogP contribution >= 0.6 is 0 Å². The maximum atomic E-state index is 13.3. The predicted molar refractivity (Wildman–Crippen MR) is 154 cm³/mol. The number of nitrogens with one attached hydrogen (secondary N) is 3. The van der Waals surface area contributed by atoms with Crippen LogP contribution in [0.5, 0.6) is 5.75 Å². The first-order valence-electron chi connectivity index (χ1n) is 13.6. The van der Waals surface area contributed by atoms with Gasteiger partial charge in [0.2, 0.25) is 0 Å². The van der Waals surface area contributed by atoms with Gasteiger partial charge in [0.15, 0.2) is 5.54 Å². The Bertz CT molecular complexity index is 1530. The molecule has 2 fully saturated rings. The van der Waals surface area contributed by atoms with Crippen LogP contribution in [0.2, 0.25) is 0 Å². The molecule has 3 aromatic rings. The van der Waals surface area contributed by atoms with Crippen molar-refractivity contribution in [3.63, 3.8) is 0 Å². The highest BCUT2D eigenvalue weighted by atomic mass is 16.5. The second-order valence-electron chi connectivity index (χ2n) is 10.8. The smallest absolute Gasteiger partial charge is 0.322 e. The van der Waals surface area contributed by atoms with E-state index < -0.39 is 17.5 Å². The van der Waals surface area contributed by atoms with Gasteiger partial charge in [0.05, 0.1) is 13.7 Å². The molecule has 0 spiro atoms. The summed E-state index contributed by atoms with van der Waals surface area (Å²) in [6.45, 7) is 3.89. The van der Waals surface area contributed by atoms with E-state index in [4.69, 9.17) is 10.1 Å². The Hall–Kier alpha value is -4.70. The molecule has 3 aromatic carbocycles. The highest BCUT2D eigenvalue weighted by molar-refractivity contribution is 6.08.